The van der Waals surface area contributed by atoms with E-state index in [1.165, 1.54) is 30.4 Å². The number of benzene rings is 2. The van der Waals surface area contributed by atoms with Crippen LogP contribution in [-0.4, -0.2) is 21.0 Å². The van der Waals surface area contributed by atoms with E-state index in [4.69, 9.17) is 4.74 Å². The highest BCUT2D eigenvalue weighted by atomic mass is 32.1. The van der Waals surface area contributed by atoms with Gasteiger partial charge in [0.15, 0.2) is 4.80 Å². The average molecular weight is 435 g/mol. The minimum Gasteiger partial charge on any atom is -0.465 e. The smallest absolute Gasteiger partial charge is 0.270 e. The number of non-ortho nitro benzene ring substituents is 1. The Hall–Kier alpha value is -3.59. The first-order valence-electron chi connectivity index (χ1n) is 9.64. The van der Waals surface area contributed by atoms with Crippen LogP contribution >= 0.6 is 11.3 Å². The lowest BCUT2D eigenvalue weighted by Crippen LogP contribution is -2.58. The number of rotatable bonds is 3. The number of ketones is 1. The fourth-order valence-electron chi connectivity index (χ4n) is 4.40. The molecule has 2 bridgehead atoms. The van der Waals surface area contributed by atoms with Gasteiger partial charge in [0.25, 0.3) is 11.2 Å². The van der Waals surface area contributed by atoms with Gasteiger partial charge in [-0.3, -0.25) is 24.3 Å². The molecular formula is C22H17N3O5S. The third-order valence-electron chi connectivity index (χ3n) is 5.72. The first-order chi connectivity index (χ1) is 14.8. The van der Waals surface area contributed by atoms with Crippen LogP contribution in [0.2, 0.25) is 0 Å². The summed E-state index contributed by atoms with van der Waals surface area (Å²) >= 11 is 1.21. The van der Waals surface area contributed by atoms with Crippen LogP contribution in [0.15, 0.2) is 58.3 Å². The van der Waals surface area contributed by atoms with E-state index in [1.807, 2.05) is 24.3 Å². The molecule has 0 amide bonds. The number of hydrogen-bond donors (Lipinski definition) is 0. The van der Waals surface area contributed by atoms with Crippen molar-refractivity contribution in [2.24, 2.45) is 10.9 Å². The third-order valence-corrected chi connectivity index (χ3v) is 6.70. The first-order valence-corrected chi connectivity index (χ1v) is 10.5. The van der Waals surface area contributed by atoms with Gasteiger partial charge in [0, 0.05) is 17.7 Å². The molecule has 0 N–H and O–H groups in total. The number of Topliss-reactive ketones (excluding diaryl/α,β-unsaturated/α-hetero) is 1. The van der Waals surface area contributed by atoms with Crippen LogP contribution in [0.4, 0.5) is 5.69 Å². The topological polar surface area (TPSA) is 104 Å². The van der Waals surface area contributed by atoms with Crippen molar-refractivity contribution in [2.75, 3.05) is 0 Å². The van der Waals surface area contributed by atoms with Gasteiger partial charge in [0.1, 0.15) is 17.5 Å². The van der Waals surface area contributed by atoms with Crippen LogP contribution in [0.25, 0.3) is 6.08 Å². The molecule has 0 fully saturated rings. The highest BCUT2D eigenvalue weighted by Gasteiger charge is 2.53. The number of nitrogens with zero attached hydrogens (tertiary/aromatic N) is 3. The zero-order chi connectivity index (χ0) is 21.9. The minimum atomic E-state index is -1.10. The van der Waals surface area contributed by atoms with Gasteiger partial charge in [-0.15, -0.1) is 0 Å². The number of fused-ring (bicyclic) bond motifs is 6. The lowest BCUT2D eigenvalue weighted by molar-refractivity contribution is -0.384. The fourth-order valence-corrected chi connectivity index (χ4v) is 5.50. The van der Waals surface area contributed by atoms with Gasteiger partial charge in [-0.05, 0) is 43.7 Å². The molecule has 3 atom stereocenters. The lowest BCUT2D eigenvalue weighted by atomic mass is 9.79. The monoisotopic (exact) mass is 435 g/mol. The van der Waals surface area contributed by atoms with Crippen molar-refractivity contribution in [3.8, 4) is 5.75 Å². The van der Waals surface area contributed by atoms with Crippen LogP contribution < -0.4 is 19.6 Å². The highest BCUT2D eigenvalue weighted by molar-refractivity contribution is 7.07. The zero-order valence-electron chi connectivity index (χ0n) is 16.6. The molecule has 31 heavy (non-hydrogen) atoms. The number of para-hydroxylation sites is 1. The van der Waals surface area contributed by atoms with Crippen LogP contribution in [0.1, 0.15) is 31.0 Å². The van der Waals surface area contributed by atoms with Crippen molar-refractivity contribution in [1.82, 2.24) is 4.57 Å². The average Bonchev–Trinajstić information content (AvgIpc) is 3.01. The fraction of sp³-hybridized carbons (Fsp3) is 0.227. The normalized spacial score (nSPS) is 23.9. The van der Waals surface area contributed by atoms with Gasteiger partial charge >= 0.3 is 0 Å². The van der Waals surface area contributed by atoms with Crippen molar-refractivity contribution in [1.29, 1.82) is 0 Å². The van der Waals surface area contributed by atoms with Crippen LogP contribution in [0.3, 0.4) is 0 Å². The zero-order valence-corrected chi connectivity index (χ0v) is 17.5. The number of nitro groups is 1. The van der Waals surface area contributed by atoms with Gasteiger partial charge in [-0.1, -0.05) is 29.5 Å². The molecule has 8 nitrogen and oxygen atoms in total. The van der Waals surface area contributed by atoms with Crippen LogP contribution in [0.5, 0.6) is 5.75 Å². The molecule has 0 radical (unpaired) electrons. The maximum absolute atomic E-state index is 13.4. The van der Waals surface area contributed by atoms with E-state index in [1.54, 1.807) is 29.7 Å². The van der Waals surface area contributed by atoms with Crippen molar-refractivity contribution < 1.29 is 14.5 Å². The molecule has 1 aromatic heterocycles. The van der Waals surface area contributed by atoms with Crippen molar-refractivity contribution >= 4 is 28.9 Å². The Morgan fingerprint density at radius 3 is 2.65 bits per heavy atom. The lowest BCUT2D eigenvalue weighted by Gasteiger charge is -2.45. The van der Waals surface area contributed by atoms with E-state index in [-0.39, 0.29) is 17.0 Å². The Morgan fingerprint density at radius 2 is 1.97 bits per heavy atom. The standard InChI is InChI=1S/C22H17N3O5S/c1-12(26)18-19-15-5-3-4-6-16(15)30-22(18,2)23-21-24(19)20(27)17(31-21)11-13-7-9-14(10-8-13)25(28)29/h3-11,18-19H,1-2H3. The predicted molar refractivity (Wildman–Crippen MR) is 114 cm³/mol. The highest BCUT2D eigenvalue weighted by Crippen LogP contribution is 2.47. The van der Waals surface area contributed by atoms with E-state index in [0.717, 1.165) is 5.56 Å². The Labute approximate surface area is 179 Å². The van der Waals surface area contributed by atoms with E-state index in [2.05, 4.69) is 4.99 Å². The molecular weight excluding hydrogens is 418 g/mol. The van der Waals surface area contributed by atoms with Crippen molar-refractivity contribution in [2.45, 2.75) is 25.6 Å². The SMILES string of the molecule is CC(=O)C1C2c3ccccc3OC1(C)N=c1sc(=Cc3ccc([N+](=O)[O-])cc3)c(=O)n12. The van der Waals surface area contributed by atoms with Gasteiger partial charge < -0.3 is 4.74 Å². The number of nitro benzene ring substituents is 1. The summed E-state index contributed by atoms with van der Waals surface area (Å²) in [6.45, 7) is 3.27. The third kappa shape index (κ3) is 2.92. The second-order valence-electron chi connectivity index (χ2n) is 7.76. The molecule has 2 aliphatic heterocycles. The number of carbonyl (C=O) groups is 1. The van der Waals surface area contributed by atoms with Gasteiger partial charge in [0.2, 0.25) is 5.72 Å². The second kappa shape index (κ2) is 6.71. The van der Waals surface area contributed by atoms with Crippen LogP contribution in [-0.2, 0) is 4.79 Å². The molecule has 2 aliphatic rings. The Balaban J connectivity index is 1.74. The molecule has 3 aromatic rings. The van der Waals surface area contributed by atoms with Gasteiger partial charge in [-0.2, -0.15) is 0 Å². The predicted octanol–water partition coefficient (Wildman–Crippen LogP) is 2.18. The Morgan fingerprint density at radius 1 is 1.26 bits per heavy atom. The molecule has 2 aromatic carbocycles. The quantitative estimate of drug-likeness (QED) is 0.463. The maximum atomic E-state index is 13.4. The molecule has 3 heterocycles. The summed E-state index contributed by atoms with van der Waals surface area (Å²) in [7, 11) is 0. The summed E-state index contributed by atoms with van der Waals surface area (Å²) in [6, 6.07) is 12.8. The van der Waals surface area contributed by atoms with E-state index in [0.29, 0.717) is 20.6 Å². The molecule has 9 heteroatoms. The van der Waals surface area contributed by atoms with E-state index >= 15 is 0 Å². The summed E-state index contributed by atoms with van der Waals surface area (Å²) < 4.78 is 8.17. The van der Waals surface area contributed by atoms with Gasteiger partial charge in [-0.25, -0.2) is 4.99 Å². The Bertz CT molecular complexity index is 1420. The summed E-state index contributed by atoms with van der Waals surface area (Å²) in [4.78, 5) is 41.6. The van der Waals surface area contributed by atoms with E-state index in [9.17, 15) is 19.7 Å². The van der Waals surface area contributed by atoms with Crippen molar-refractivity contribution in [3.05, 3.63) is 89.5 Å². The first kappa shape index (κ1) is 19.4. The summed E-state index contributed by atoms with van der Waals surface area (Å²) in [6.07, 6.45) is 1.68. The number of ether oxygens (including phenoxy) is 1. The summed E-state index contributed by atoms with van der Waals surface area (Å²) in [5.41, 5.74) is 0.0625. The molecule has 3 unspecified atom stereocenters. The number of thiazole rings is 1. The number of aromatic nitrogens is 1. The maximum Gasteiger partial charge on any atom is 0.270 e. The minimum absolute atomic E-state index is 0.0193. The number of carbonyl (C=O) groups excluding carboxylic acids is 1. The van der Waals surface area contributed by atoms with Crippen molar-refractivity contribution in [3.63, 3.8) is 0 Å². The number of hydrogen-bond acceptors (Lipinski definition) is 7. The summed E-state index contributed by atoms with van der Waals surface area (Å²) in [5, 5.41) is 10.9. The van der Waals surface area contributed by atoms with E-state index < -0.39 is 22.6 Å². The molecule has 0 aliphatic carbocycles. The molecule has 156 valence electrons. The largest absolute Gasteiger partial charge is 0.465 e. The molecule has 0 spiro atoms. The molecule has 5 rings (SSSR count). The van der Waals surface area contributed by atoms with Gasteiger partial charge in [0.05, 0.1) is 15.5 Å². The Kier molecular flexibility index (Phi) is 4.19. The molecule has 0 saturated carbocycles. The van der Waals surface area contributed by atoms with Crippen LogP contribution in [0, 0.1) is 16.0 Å². The molecule has 0 saturated heterocycles. The summed E-state index contributed by atoms with van der Waals surface area (Å²) in [5.74, 6) is -0.120. The second-order valence-corrected chi connectivity index (χ2v) is 8.77.